The standard InChI is InChI=1S/C14H15ClN3O.C3H8O.Y/c1-9-8-16-6-4-12(9)19-14-10-3-2-5-17-11(10)7-13(15)18-14;1-3(2)4;/h2-3,5,7,9,12H,4,6,8H2,1H3;3-4H,1-2H3;/q-1;;. The van der Waals surface area contributed by atoms with E-state index in [1.54, 1.807) is 26.1 Å². The van der Waals surface area contributed by atoms with E-state index in [0.29, 0.717) is 17.0 Å². The molecule has 24 heavy (non-hydrogen) atoms. The van der Waals surface area contributed by atoms with Crippen LogP contribution in [0.1, 0.15) is 27.2 Å². The van der Waals surface area contributed by atoms with Crippen molar-refractivity contribution in [3.8, 4) is 5.88 Å². The van der Waals surface area contributed by atoms with E-state index in [-0.39, 0.29) is 44.9 Å². The molecule has 0 aliphatic carbocycles. The molecule has 129 valence electrons. The van der Waals surface area contributed by atoms with Crippen LogP contribution < -0.4 is 4.74 Å². The third-order valence-corrected chi connectivity index (χ3v) is 3.61. The van der Waals surface area contributed by atoms with Crippen LogP contribution in [-0.2, 0) is 32.7 Å². The van der Waals surface area contributed by atoms with E-state index in [1.807, 2.05) is 12.1 Å². The first kappa shape index (κ1) is 21.7. The number of aliphatic hydroxyl groups is 1. The third kappa shape index (κ3) is 6.53. The van der Waals surface area contributed by atoms with Gasteiger partial charge in [-0.25, -0.2) is 4.98 Å². The van der Waals surface area contributed by atoms with Gasteiger partial charge in [-0.3, -0.25) is 4.98 Å². The Morgan fingerprint density at radius 3 is 2.79 bits per heavy atom. The van der Waals surface area contributed by atoms with Crippen molar-refractivity contribution < 1.29 is 42.6 Å². The van der Waals surface area contributed by atoms with E-state index in [0.717, 1.165) is 30.4 Å². The quantitative estimate of drug-likeness (QED) is 0.742. The van der Waals surface area contributed by atoms with Gasteiger partial charge in [-0.15, -0.1) is 13.1 Å². The summed E-state index contributed by atoms with van der Waals surface area (Å²) in [7, 11) is 0. The zero-order valence-electron chi connectivity index (χ0n) is 14.3. The maximum atomic E-state index is 8.06. The summed E-state index contributed by atoms with van der Waals surface area (Å²) in [5, 5.41) is 13.8. The molecule has 2 aromatic rings. The minimum Gasteiger partial charge on any atom is -0.662 e. The van der Waals surface area contributed by atoms with Crippen LogP contribution in [-0.4, -0.2) is 40.4 Å². The molecule has 7 heteroatoms. The summed E-state index contributed by atoms with van der Waals surface area (Å²) in [4.78, 5) is 8.59. The number of ether oxygens (including phenoxy) is 1. The van der Waals surface area contributed by atoms with Gasteiger partial charge in [0.1, 0.15) is 5.15 Å². The molecule has 1 N–H and O–H groups in total. The normalized spacial score (nSPS) is 20.1. The first-order valence-electron chi connectivity index (χ1n) is 7.86. The van der Waals surface area contributed by atoms with Gasteiger partial charge in [0.2, 0.25) is 5.88 Å². The number of hydrogen-bond donors (Lipinski definition) is 1. The second kappa shape index (κ2) is 10.6. The Balaban J connectivity index is 0.000000522. The summed E-state index contributed by atoms with van der Waals surface area (Å²) in [6, 6.07) is 5.59. The summed E-state index contributed by atoms with van der Waals surface area (Å²) in [5.41, 5.74) is 0.811. The van der Waals surface area contributed by atoms with Crippen LogP contribution in [0.5, 0.6) is 5.88 Å². The molecule has 0 bridgehead atoms. The predicted molar refractivity (Wildman–Crippen MR) is 93.2 cm³/mol. The fraction of sp³-hybridized carbons (Fsp3) is 0.529. The Hall–Kier alpha value is -0.326. The fourth-order valence-electron chi connectivity index (χ4n) is 2.34. The van der Waals surface area contributed by atoms with Gasteiger partial charge in [0, 0.05) is 51.1 Å². The molecule has 1 saturated heterocycles. The van der Waals surface area contributed by atoms with E-state index in [4.69, 9.17) is 21.4 Å². The van der Waals surface area contributed by atoms with Crippen LogP contribution in [0, 0.1) is 5.92 Å². The summed E-state index contributed by atoms with van der Waals surface area (Å²) < 4.78 is 6.07. The average Bonchev–Trinajstić information content (AvgIpc) is 2.49. The number of hydrogen-bond acceptors (Lipinski definition) is 4. The number of nitrogens with zero attached hydrogens (tertiary/aromatic N) is 3. The van der Waals surface area contributed by atoms with E-state index >= 15 is 0 Å². The van der Waals surface area contributed by atoms with Gasteiger partial charge in [-0.05, 0) is 38.3 Å². The molecule has 2 unspecified atom stereocenters. The average molecular weight is 426 g/mol. The van der Waals surface area contributed by atoms with E-state index in [1.165, 1.54) is 0 Å². The minimum atomic E-state index is -0.167. The van der Waals surface area contributed by atoms with Crippen LogP contribution in [0.25, 0.3) is 16.2 Å². The molecule has 1 aliphatic rings. The van der Waals surface area contributed by atoms with Gasteiger partial charge < -0.3 is 15.2 Å². The Bertz CT molecular complexity index is 640. The second-order valence-corrected chi connectivity index (χ2v) is 6.35. The second-order valence-electron chi connectivity index (χ2n) is 5.97. The zero-order chi connectivity index (χ0) is 16.8. The third-order valence-electron chi connectivity index (χ3n) is 3.42. The molecule has 0 saturated carbocycles. The summed E-state index contributed by atoms with van der Waals surface area (Å²) in [5.74, 6) is 0.982. The smallest absolute Gasteiger partial charge is 0.224 e. The van der Waals surface area contributed by atoms with Crippen LogP contribution in [0.4, 0.5) is 0 Å². The maximum absolute atomic E-state index is 8.06. The Kier molecular flexibility index (Phi) is 9.61. The van der Waals surface area contributed by atoms with Crippen molar-refractivity contribution >= 4 is 22.5 Å². The van der Waals surface area contributed by atoms with Crippen LogP contribution in [0.15, 0.2) is 24.4 Å². The molecule has 3 rings (SSSR count). The molecule has 2 atom stereocenters. The number of aromatic nitrogens is 2. The van der Waals surface area contributed by atoms with Crippen molar-refractivity contribution in [2.24, 2.45) is 5.92 Å². The molecule has 5 nitrogen and oxygen atoms in total. The number of fused-ring (bicyclic) bond motifs is 1. The van der Waals surface area contributed by atoms with Crippen molar-refractivity contribution in [1.82, 2.24) is 9.97 Å². The predicted octanol–water partition coefficient (Wildman–Crippen LogP) is 3.83. The number of halogens is 1. The zero-order valence-corrected chi connectivity index (χ0v) is 17.9. The Morgan fingerprint density at radius 2 is 2.12 bits per heavy atom. The molecule has 0 amide bonds. The van der Waals surface area contributed by atoms with E-state index < -0.39 is 0 Å². The molecule has 1 radical (unpaired) electrons. The molecule has 1 fully saturated rings. The van der Waals surface area contributed by atoms with E-state index in [2.05, 4.69) is 22.2 Å². The molecule has 0 aromatic carbocycles. The van der Waals surface area contributed by atoms with Crippen LogP contribution in [0.2, 0.25) is 5.15 Å². The monoisotopic (exact) mass is 425 g/mol. The summed E-state index contributed by atoms with van der Waals surface area (Å²) in [6.07, 6.45) is 2.65. The summed E-state index contributed by atoms with van der Waals surface area (Å²) >= 11 is 6.03. The van der Waals surface area contributed by atoms with Crippen molar-refractivity contribution in [1.29, 1.82) is 0 Å². The van der Waals surface area contributed by atoms with E-state index in [9.17, 15) is 0 Å². The fourth-order valence-corrected chi connectivity index (χ4v) is 2.52. The molecular weight excluding hydrogens is 403 g/mol. The maximum Gasteiger partial charge on any atom is 0.224 e. The number of pyridine rings is 2. The Morgan fingerprint density at radius 1 is 1.42 bits per heavy atom. The van der Waals surface area contributed by atoms with Crippen LogP contribution >= 0.6 is 11.6 Å². The molecule has 3 heterocycles. The van der Waals surface area contributed by atoms with Gasteiger partial charge >= 0.3 is 0 Å². The molecular formula is C17H23ClN3O2Y-. The van der Waals surface area contributed by atoms with Crippen LogP contribution in [0.3, 0.4) is 0 Å². The number of aliphatic hydroxyl groups excluding tert-OH is 1. The van der Waals surface area contributed by atoms with Crippen molar-refractivity contribution in [3.63, 3.8) is 0 Å². The first-order chi connectivity index (χ1) is 11.0. The SMILES string of the molecule is CC(C)O.CC1C[N-]CCC1Oc1nc(Cl)cc2ncccc12.[Y]. The van der Waals surface area contributed by atoms with Gasteiger partial charge in [0.05, 0.1) is 17.0 Å². The van der Waals surface area contributed by atoms with Gasteiger partial charge in [0.25, 0.3) is 0 Å². The largest absolute Gasteiger partial charge is 0.662 e. The number of rotatable bonds is 2. The summed E-state index contributed by atoms with van der Waals surface area (Å²) in [6.45, 7) is 7.30. The molecule has 2 aromatic heterocycles. The number of piperidine rings is 1. The minimum absolute atomic E-state index is 0. The van der Waals surface area contributed by atoms with Crippen molar-refractivity contribution in [3.05, 3.63) is 34.9 Å². The van der Waals surface area contributed by atoms with Gasteiger partial charge in [-0.1, -0.05) is 18.5 Å². The molecule has 1 aliphatic heterocycles. The van der Waals surface area contributed by atoms with Crippen molar-refractivity contribution in [2.75, 3.05) is 13.1 Å². The van der Waals surface area contributed by atoms with Gasteiger partial charge in [0.15, 0.2) is 0 Å². The van der Waals surface area contributed by atoms with Gasteiger partial charge in [-0.2, -0.15) is 0 Å². The van der Waals surface area contributed by atoms with Crippen molar-refractivity contribution in [2.45, 2.75) is 39.4 Å². The topological polar surface area (TPSA) is 69.3 Å². The molecule has 0 spiro atoms. The Labute approximate surface area is 173 Å². The first-order valence-corrected chi connectivity index (χ1v) is 8.24.